The molecule has 0 spiro atoms. The highest BCUT2D eigenvalue weighted by Gasteiger charge is 2.43. The minimum absolute atomic E-state index is 0.102. The first-order valence-corrected chi connectivity index (χ1v) is 15.3. The summed E-state index contributed by atoms with van der Waals surface area (Å²) in [7, 11) is 3.21. The molecule has 1 aliphatic heterocycles. The summed E-state index contributed by atoms with van der Waals surface area (Å²) in [4.78, 5) is 26.5. The molecule has 42 heavy (non-hydrogen) atoms. The summed E-state index contributed by atoms with van der Waals surface area (Å²) in [6.45, 7) is 6.17. The van der Waals surface area contributed by atoms with Crippen LogP contribution in [0.2, 0.25) is 10.0 Å². The zero-order chi connectivity index (χ0) is 30.6. The Labute approximate surface area is 258 Å². The van der Waals surface area contributed by atoms with E-state index in [0.29, 0.717) is 29.6 Å². The number of rotatable bonds is 8. The quantitative estimate of drug-likeness (QED) is 0.311. The smallest absolute Gasteiger partial charge is 0.411 e. The molecule has 2 aliphatic rings. The molecule has 1 N–H and O–H groups in total. The monoisotopic (exact) mass is 622 g/mol. The van der Waals surface area contributed by atoms with Gasteiger partial charge in [0.15, 0.2) is 0 Å². The van der Waals surface area contributed by atoms with E-state index >= 15 is 0 Å². The van der Waals surface area contributed by atoms with Crippen LogP contribution in [0.5, 0.6) is 5.75 Å². The minimum atomic E-state index is -0.852. The fraction of sp³-hybridized carbons (Fsp3) is 0.562. The Morgan fingerprint density at radius 2 is 1.79 bits per heavy atom. The normalized spacial score (nSPS) is 22.6. The van der Waals surface area contributed by atoms with Gasteiger partial charge in [0.25, 0.3) is 0 Å². The summed E-state index contributed by atoms with van der Waals surface area (Å²) in [5, 5.41) is 4.09. The molecule has 1 heterocycles. The number of hydrogen-bond donors (Lipinski definition) is 1. The van der Waals surface area contributed by atoms with E-state index < -0.39 is 35.6 Å². The van der Waals surface area contributed by atoms with E-state index in [1.165, 1.54) is 29.2 Å². The van der Waals surface area contributed by atoms with Gasteiger partial charge in [-0.1, -0.05) is 29.3 Å². The molecular weight excluding hydrogens is 582 g/mol. The Balaban J connectivity index is 1.42. The molecule has 1 amide bonds. The first kappa shape index (κ1) is 32.4. The van der Waals surface area contributed by atoms with E-state index in [0.717, 1.165) is 37.3 Å². The fourth-order valence-corrected chi connectivity index (χ4v) is 6.44. The molecule has 4 rings (SSSR count). The maximum absolute atomic E-state index is 15.0. The van der Waals surface area contributed by atoms with Crippen molar-refractivity contribution in [3.8, 4) is 5.75 Å². The molecule has 1 saturated carbocycles. The third-order valence-electron chi connectivity index (χ3n) is 8.01. The number of nitrogens with one attached hydrogen (secondary N) is 1. The second kappa shape index (κ2) is 13.8. The number of halogens is 3. The topological polar surface area (TPSA) is 77.1 Å². The van der Waals surface area contributed by atoms with Crippen LogP contribution in [0.4, 0.5) is 9.18 Å². The Bertz CT molecular complexity index is 1280. The molecule has 0 aromatic heterocycles. The Morgan fingerprint density at radius 3 is 2.43 bits per heavy atom. The molecule has 0 radical (unpaired) electrons. The van der Waals surface area contributed by atoms with E-state index in [1.54, 1.807) is 26.8 Å². The zero-order valence-corrected chi connectivity index (χ0v) is 26.5. The van der Waals surface area contributed by atoms with Gasteiger partial charge in [0.1, 0.15) is 29.3 Å². The van der Waals surface area contributed by atoms with Crippen molar-refractivity contribution in [1.29, 1.82) is 0 Å². The Kier molecular flexibility index (Phi) is 10.7. The van der Waals surface area contributed by atoms with Crippen LogP contribution in [0.3, 0.4) is 0 Å². The number of nitrogens with zero attached hydrogens (tertiary/aromatic N) is 1. The van der Waals surface area contributed by atoms with Crippen molar-refractivity contribution in [3.63, 3.8) is 0 Å². The number of methoxy groups -OCH3 is 1. The highest BCUT2D eigenvalue weighted by molar-refractivity contribution is 6.31. The lowest BCUT2D eigenvalue weighted by atomic mass is 9.75. The Hall–Kier alpha value is -2.55. The predicted octanol–water partition coefficient (Wildman–Crippen LogP) is 7.30. The van der Waals surface area contributed by atoms with Crippen molar-refractivity contribution in [1.82, 2.24) is 10.2 Å². The Morgan fingerprint density at radius 1 is 1.07 bits per heavy atom. The van der Waals surface area contributed by atoms with Crippen molar-refractivity contribution >= 4 is 35.3 Å². The molecular formula is C32H41Cl2FN2O5. The van der Waals surface area contributed by atoms with Crippen molar-refractivity contribution < 1.29 is 28.2 Å². The summed E-state index contributed by atoms with van der Waals surface area (Å²) >= 11 is 12.8. The van der Waals surface area contributed by atoms with E-state index in [1.807, 2.05) is 13.1 Å². The number of amides is 1. The molecule has 0 unspecified atom stereocenters. The van der Waals surface area contributed by atoms with Crippen molar-refractivity contribution in [2.75, 3.05) is 20.7 Å². The second-order valence-electron chi connectivity index (χ2n) is 12.3. The van der Waals surface area contributed by atoms with Gasteiger partial charge in [-0.25, -0.2) is 14.0 Å². The standard InChI is InChI=1S/C32H41Cl2FN2O5/c1-32(2,3)42-31(39)37-18-25(16-28(37)30(38)40-5)41-24-13-22(29(34)27(35)15-24)12-19-6-8-20(9-7-19)26-14-23(33)11-10-21(26)17-36-4/h10-11,13-15,19-20,25,28,36H,6-9,12,16-18H2,1-5H3/t19?,20?,25-,28-/m0/s1. The molecule has 1 saturated heterocycles. The third-order valence-corrected chi connectivity index (χ3v) is 8.67. The van der Waals surface area contributed by atoms with Gasteiger partial charge in [-0.15, -0.1) is 0 Å². The van der Waals surface area contributed by atoms with Gasteiger partial charge in [-0.3, -0.25) is 4.90 Å². The van der Waals surface area contributed by atoms with Crippen LogP contribution in [0.15, 0.2) is 30.3 Å². The average Bonchev–Trinajstić information content (AvgIpc) is 3.35. The highest BCUT2D eigenvalue weighted by atomic mass is 35.5. The van der Waals surface area contributed by atoms with Crippen LogP contribution in [0, 0.1) is 11.7 Å². The van der Waals surface area contributed by atoms with Gasteiger partial charge in [0.2, 0.25) is 0 Å². The zero-order valence-electron chi connectivity index (χ0n) is 25.0. The lowest BCUT2D eigenvalue weighted by molar-refractivity contribution is -0.145. The highest BCUT2D eigenvalue weighted by Crippen LogP contribution is 2.40. The number of esters is 1. The number of carbonyl (C=O) groups is 2. The summed E-state index contributed by atoms with van der Waals surface area (Å²) < 4.78 is 31.5. The van der Waals surface area contributed by atoms with Gasteiger partial charge in [0, 0.05) is 24.1 Å². The van der Waals surface area contributed by atoms with Gasteiger partial charge in [0.05, 0.1) is 18.7 Å². The van der Waals surface area contributed by atoms with Crippen molar-refractivity contribution in [2.24, 2.45) is 5.92 Å². The average molecular weight is 624 g/mol. The van der Waals surface area contributed by atoms with E-state index in [-0.39, 0.29) is 18.0 Å². The summed E-state index contributed by atoms with van der Waals surface area (Å²) in [6, 6.07) is 8.31. The van der Waals surface area contributed by atoms with Gasteiger partial charge >= 0.3 is 12.1 Å². The maximum atomic E-state index is 15.0. The van der Waals surface area contributed by atoms with Crippen LogP contribution < -0.4 is 10.1 Å². The molecule has 2 atom stereocenters. The minimum Gasteiger partial charge on any atom is -0.488 e. The molecule has 2 aromatic rings. The molecule has 1 aliphatic carbocycles. The fourth-order valence-electron chi connectivity index (χ4n) is 6.08. The number of likely N-dealkylation sites (tertiary alicyclic amines) is 1. The van der Waals surface area contributed by atoms with E-state index in [9.17, 15) is 14.0 Å². The number of hydrogen-bond acceptors (Lipinski definition) is 6. The van der Waals surface area contributed by atoms with Gasteiger partial charge < -0.3 is 19.5 Å². The van der Waals surface area contributed by atoms with E-state index in [2.05, 4.69) is 17.4 Å². The number of ether oxygens (including phenoxy) is 3. The lowest BCUT2D eigenvalue weighted by Crippen LogP contribution is -2.44. The van der Waals surface area contributed by atoms with E-state index in [4.69, 9.17) is 37.4 Å². The summed E-state index contributed by atoms with van der Waals surface area (Å²) in [5.74, 6) is -0.00124. The largest absolute Gasteiger partial charge is 0.488 e. The molecule has 230 valence electrons. The summed E-state index contributed by atoms with van der Waals surface area (Å²) in [5.41, 5.74) is 2.54. The SMILES string of the molecule is CNCc1ccc(Cl)cc1C1CCC(Cc2cc(O[C@H]3C[C@@H](C(=O)OC)N(C(=O)OC(C)(C)C)C3)cc(F)c2Cl)CC1. The first-order valence-electron chi connectivity index (χ1n) is 14.5. The van der Waals surface area contributed by atoms with Crippen LogP contribution in [-0.2, 0) is 27.2 Å². The molecule has 2 aromatic carbocycles. The predicted molar refractivity (Wildman–Crippen MR) is 162 cm³/mol. The summed E-state index contributed by atoms with van der Waals surface area (Å²) in [6.07, 6.45) is 3.70. The van der Waals surface area contributed by atoms with Gasteiger partial charge in [-0.2, -0.15) is 0 Å². The molecule has 0 bridgehead atoms. The molecule has 7 nitrogen and oxygen atoms in total. The van der Waals surface area contributed by atoms with Crippen LogP contribution >= 0.6 is 23.2 Å². The molecule has 10 heteroatoms. The maximum Gasteiger partial charge on any atom is 0.411 e. The number of benzene rings is 2. The van der Waals surface area contributed by atoms with Crippen LogP contribution in [0.25, 0.3) is 0 Å². The van der Waals surface area contributed by atoms with Crippen LogP contribution in [-0.4, -0.2) is 55.4 Å². The first-order chi connectivity index (χ1) is 19.9. The van der Waals surface area contributed by atoms with Crippen LogP contribution in [0.1, 0.15) is 75.5 Å². The third kappa shape index (κ3) is 8.08. The van der Waals surface area contributed by atoms with Gasteiger partial charge in [-0.05, 0) is 107 Å². The lowest BCUT2D eigenvalue weighted by Gasteiger charge is -2.30. The number of carbonyl (C=O) groups excluding carboxylic acids is 2. The van der Waals surface area contributed by atoms with Crippen molar-refractivity contribution in [3.05, 3.63) is 62.9 Å². The molecule has 2 fully saturated rings. The van der Waals surface area contributed by atoms with Crippen molar-refractivity contribution in [2.45, 2.75) is 89.5 Å². The second-order valence-corrected chi connectivity index (χ2v) is 13.1.